The Morgan fingerprint density at radius 1 is 1.17 bits per heavy atom. The van der Waals surface area contributed by atoms with Crippen LogP contribution in [0.4, 0.5) is 10.1 Å². The smallest absolute Gasteiger partial charge is 0.265 e. The van der Waals surface area contributed by atoms with Gasteiger partial charge in [0.05, 0.1) is 20.8 Å². The number of rotatable bonds is 5. The average molecular weight is 377 g/mol. The Bertz CT molecular complexity index is 724. The van der Waals surface area contributed by atoms with Crippen molar-refractivity contribution in [3.63, 3.8) is 0 Å². The third kappa shape index (κ3) is 4.50. The van der Waals surface area contributed by atoms with Crippen LogP contribution < -0.4 is 10.1 Å². The molecule has 0 aliphatic carbocycles. The molecule has 0 aromatic heterocycles. The summed E-state index contributed by atoms with van der Waals surface area (Å²) in [5.41, 5.74) is 0.307. The van der Waals surface area contributed by atoms with Crippen molar-refractivity contribution in [2.75, 3.05) is 5.32 Å². The van der Waals surface area contributed by atoms with Crippen molar-refractivity contribution in [3.05, 3.63) is 57.3 Å². The van der Waals surface area contributed by atoms with Crippen LogP contribution in [0, 0.1) is 5.82 Å². The molecule has 0 unspecified atom stereocenters. The van der Waals surface area contributed by atoms with Crippen LogP contribution in [-0.2, 0) is 4.79 Å². The average Bonchev–Trinajstić information content (AvgIpc) is 2.51. The number of hydrogen-bond acceptors (Lipinski definition) is 2. The van der Waals surface area contributed by atoms with E-state index in [9.17, 15) is 9.18 Å². The number of para-hydroxylation sites is 1. The van der Waals surface area contributed by atoms with Crippen molar-refractivity contribution < 1.29 is 13.9 Å². The van der Waals surface area contributed by atoms with Crippen LogP contribution in [0.25, 0.3) is 0 Å². The number of amides is 1. The molecule has 0 saturated carbocycles. The molecule has 2 aromatic rings. The van der Waals surface area contributed by atoms with Gasteiger partial charge in [0, 0.05) is 0 Å². The molecule has 2 rings (SSSR count). The maximum absolute atomic E-state index is 13.6. The van der Waals surface area contributed by atoms with E-state index in [1.54, 1.807) is 19.1 Å². The van der Waals surface area contributed by atoms with Crippen LogP contribution in [0.1, 0.15) is 13.3 Å². The standard InChI is InChI=1S/C16H13Cl3FNO2/c1-2-14(23-15-6-4-3-5-12(15)20)16(22)21-13-8-10(18)9(17)7-11(13)19/h3-8,14H,2H2,1H3,(H,21,22)/t14-/m1/s1. The first kappa shape index (κ1) is 17.9. The second-order valence-corrected chi connectivity index (χ2v) is 5.90. The lowest BCUT2D eigenvalue weighted by molar-refractivity contribution is -0.122. The van der Waals surface area contributed by atoms with E-state index < -0.39 is 17.8 Å². The molecule has 1 N–H and O–H groups in total. The number of benzene rings is 2. The van der Waals surface area contributed by atoms with Crippen LogP contribution in [-0.4, -0.2) is 12.0 Å². The maximum atomic E-state index is 13.6. The molecule has 0 aliphatic heterocycles. The minimum atomic E-state index is -0.877. The van der Waals surface area contributed by atoms with E-state index in [-0.39, 0.29) is 20.8 Å². The zero-order chi connectivity index (χ0) is 17.0. The predicted molar refractivity (Wildman–Crippen MR) is 91.2 cm³/mol. The van der Waals surface area contributed by atoms with E-state index >= 15 is 0 Å². The van der Waals surface area contributed by atoms with Gasteiger partial charge in [-0.15, -0.1) is 0 Å². The summed E-state index contributed by atoms with van der Waals surface area (Å²) >= 11 is 17.8. The first-order valence-electron chi connectivity index (χ1n) is 6.79. The molecule has 2 aromatic carbocycles. The molecule has 0 spiro atoms. The highest BCUT2D eigenvalue weighted by Gasteiger charge is 2.21. The third-order valence-corrected chi connectivity index (χ3v) is 4.07. The quantitative estimate of drug-likeness (QED) is 0.692. The van der Waals surface area contributed by atoms with Gasteiger partial charge >= 0.3 is 0 Å². The van der Waals surface area contributed by atoms with Gasteiger partial charge in [0.25, 0.3) is 5.91 Å². The Morgan fingerprint density at radius 3 is 2.48 bits per heavy atom. The summed E-state index contributed by atoms with van der Waals surface area (Å²) in [5.74, 6) is -0.989. The van der Waals surface area contributed by atoms with Crippen LogP contribution in [0.15, 0.2) is 36.4 Å². The van der Waals surface area contributed by atoms with E-state index in [4.69, 9.17) is 39.5 Å². The van der Waals surface area contributed by atoms with Crippen molar-refractivity contribution in [1.29, 1.82) is 0 Å². The number of nitrogens with one attached hydrogen (secondary N) is 1. The lowest BCUT2D eigenvalue weighted by Gasteiger charge is -2.18. The second kappa shape index (κ2) is 7.86. The van der Waals surface area contributed by atoms with Gasteiger partial charge in [-0.3, -0.25) is 4.79 Å². The van der Waals surface area contributed by atoms with E-state index in [2.05, 4.69) is 5.32 Å². The summed E-state index contributed by atoms with van der Waals surface area (Å²) in [4.78, 5) is 12.3. The fourth-order valence-electron chi connectivity index (χ4n) is 1.85. The predicted octanol–water partition coefficient (Wildman–Crippen LogP) is 5.58. The highest BCUT2D eigenvalue weighted by atomic mass is 35.5. The number of ether oxygens (including phenoxy) is 1. The maximum Gasteiger partial charge on any atom is 0.265 e. The molecule has 1 atom stereocenters. The zero-order valence-electron chi connectivity index (χ0n) is 12.1. The van der Waals surface area contributed by atoms with Gasteiger partial charge in [-0.2, -0.15) is 0 Å². The molecule has 0 aliphatic rings. The van der Waals surface area contributed by atoms with E-state index in [1.165, 1.54) is 24.3 Å². The number of hydrogen-bond donors (Lipinski definition) is 1. The van der Waals surface area contributed by atoms with Gasteiger partial charge in [0.2, 0.25) is 0 Å². The molecule has 0 saturated heterocycles. The van der Waals surface area contributed by atoms with Gasteiger partial charge in [0.15, 0.2) is 17.7 Å². The molecular formula is C16H13Cl3FNO2. The summed E-state index contributed by atoms with van der Waals surface area (Å²) in [6.07, 6.45) is -0.531. The lowest BCUT2D eigenvalue weighted by Crippen LogP contribution is -2.32. The van der Waals surface area contributed by atoms with Crippen molar-refractivity contribution in [1.82, 2.24) is 0 Å². The second-order valence-electron chi connectivity index (χ2n) is 4.68. The molecule has 1 amide bonds. The van der Waals surface area contributed by atoms with Gasteiger partial charge in [-0.1, -0.05) is 53.9 Å². The van der Waals surface area contributed by atoms with E-state index in [0.717, 1.165) is 0 Å². The lowest BCUT2D eigenvalue weighted by atomic mass is 10.2. The zero-order valence-corrected chi connectivity index (χ0v) is 14.3. The van der Waals surface area contributed by atoms with Crippen LogP contribution in [0.5, 0.6) is 5.75 Å². The van der Waals surface area contributed by atoms with Crippen LogP contribution in [0.3, 0.4) is 0 Å². The van der Waals surface area contributed by atoms with Crippen LogP contribution >= 0.6 is 34.8 Å². The Kier molecular flexibility index (Phi) is 6.10. The summed E-state index contributed by atoms with van der Waals surface area (Å²) < 4.78 is 19.1. The van der Waals surface area contributed by atoms with Crippen molar-refractivity contribution in [2.45, 2.75) is 19.4 Å². The van der Waals surface area contributed by atoms with Crippen molar-refractivity contribution in [3.8, 4) is 5.75 Å². The highest BCUT2D eigenvalue weighted by molar-refractivity contribution is 6.44. The number of carbonyl (C=O) groups is 1. The first-order valence-corrected chi connectivity index (χ1v) is 7.92. The molecule has 0 fully saturated rings. The monoisotopic (exact) mass is 375 g/mol. The number of halogens is 4. The van der Waals surface area contributed by atoms with Crippen molar-refractivity contribution >= 4 is 46.4 Å². The van der Waals surface area contributed by atoms with Gasteiger partial charge in [0.1, 0.15) is 0 Å². The molecule has 122 valence electrons. The third-order valence-electron chi connectivity index (χ3n) is 3.04. The van der Waals surface area contributed by atoms with Gasteiger partial charge < -0.3 is 10.1 Å². The Labute approximate surface area is 148 Å². The van der Waals surface area contributed by atoms with Gasteiger partial charge in [-0.05, 0) is 30.7 Å². The molecular weight excluding hydrogens is 364 g/mol. The summed E-state index contributed by atoms with van der Waals surface area (Å²) in [7, 11) is 0. The molecule has 0 radical (unpaired) electrons. The molecule has 0 bridgehead atoms. The minimum Gasteiger partial charge on any atom is -0.478 e. The summed E-state index contributed by atoms with van der Waals surface area (Å²) in [5, 5.41) is 3.39. The molecule has 7 heteroatoms. The SMILES string of the molecule is CC[C@@H](Oc1ccccc1F)C(=O)Nc1cc(Cl)c(Cl)cc1Cl. The van der Waals surface area contributed by atoms with Crippen molar-refractivity contribution in [2.24, 2.45) is 0 Å². The normalized spacial score (nSPS) is 11.9. The van der Waals surface area contributed by atoms with Gasteiger partial charge in [-0.25, -0.2) is 4.39 Å². The van der Waals surface area contributed by atoms with E-state index in [1.807, 2.05) is 0 Å². The number of carbonyl (C=O) groups excluding carboxylic acids is 1. The molecule has 0 heterocycles. The Hall–Kier alpha value is -1.49. The fraction of sp³-hybridized carbons (Fsp3) is 0.188. The van der Waals surface area contributed by atoms with Crippen LogP contribution in [0.2, 0.25) is 15.1 Å². The summed E-state index contributed by atoms with van der Waals surface area (Å²) in [6, 6.07) is 8.75. The number of anilines is 1. The Balaban J connectivity index is 2.15. The first-order chi connectivity index (χ1) is 10.9. The Morgan fingerprint density at radius 2 is 1.83 bits per heavy atom. The van der Waals surface area contributed by atoms with E-state index in [0.29, 0.717) is 12.1 Å². The minimum absolute atomic E-state index is 0.00901. The molecule has 23 heavy (non-hydrogen) atoms. The highest BCUT2D eigenvalue weighted by Crippen LogP contribution is 2.32. The summed E-state index contributed by atoms with van der Waals surface area (Å²) in [6.45, 7) is 1.75. The largest absolute Gasteiger partial charge is 0.478 e. The fourth-order valence-corrected chi connectivity index (χ4v) is 2.44. The topological polar surface area (TPSA) is 38.3 Å². The molecule has 3 nitrogen and oxygen atoms in total.